The molecule has 2 heterocycles. The Morgan fingerprint density at radius 3 is 1.89 bits per heavy atom. The van der Waals surface area contributed by atoms with Gasteiger partial charge in [-0.1, -0.05) is 39.0 Å². The summed E-state index contributed by atoms with van der Waals surface area (Å²) in [4.78, 5) is 9.45. The van der Waals surface area contributed by atoms with Crippen LogP contribution in [0.2, 0.25) is 0 Å². The van der Waals surface area contributed by atoms with Crippen LogP contribution in [0.15, 0.2) is 75.1 Å². The first kappa shape index (κ1) is 28.0. The number of azo groups is 2. The van der Waals surface area contributed by atoms with Crippen LogP contribution in [-0.4, -0.2) is 18.1 Å². The maximum Gasteiger partial charge on any atom is 0.231 e. The quantitative estimate of drug-likeness (QED) is 0.176. The van der Waals surface area contributed by atoms with Gasteiger partial charge in [0.05, 0.1) is 21.8 Å². The average Bonchev–Trinajstić information content (AvgIpc) is 3.45. The smallest absolute Gasteiger partial charge is 0.231 e. The number of fused-ring (bicyclic) bond motifs is 1. The second kappa shape index (κ2) is 12.7. The molecule has 0 amide bonds. The number of aromatic nitrogens is 1. The Morgan fingerprint density at radius 1 is 0.816 bits per heavy atom. The van der Waals surface area contributed by atoms with Gasteiger partial charge in [-0.05, 0) is 99.0 Å². The Balaban J connectivity index is 1.31. The fourth-order valence-electron chi connectivity index (χ4n) is 4.59. The van der Waals surface area contributed by atoms with Crippen molar-refractivity contribution in [2.45, 2.75) is 60.8 Å². The van der Waals surface area contributed by atoms with Crippen LogP contribution in [0.4, 0.5) is 27.9 Å². The first-order valence-electron chi connectivity index (χ1n) is 13.4. The molecule has 1 unspecified atom stereocenters. The number of aryl methyl sites for hydroxylation is 1. The molecule has 0 radical (unpaired) electrons. The van der Waals surface area contributed by atoms with E-state index in [4.69, 9.17) is 0 Å². The van der Waals surface area contributed by atoms with Crippen LogP contribution in [0.5, 0.6) is 0 Å². The van der Waals surface area contributed by atoms with E-state index in [1.165, 1.54) is 28.1 Å². The third-order valence-electron chi connectivity index (χ3n) is 6.33. The predicted molar refractivity (Wildman–Crippen MR) is 164 cm³/mol. The summed E-state index contributed by atoms with van der Waals surface area (Å²) in [7, 11) is 0. The van der Waals surface area contributed by atoms with Crippen molar-refractivity contribution in [2.24, 2.45) is 31.8 Å². The molecule has 0 aliphatic rings. The minimum atomic E-state index is 0.388. The maximum atomic E-state index is 4.68. The fourth-order valence-corrected chi connectivity index (χ4v) is 6.66. The minimum Gasteiger partial charge on any atom is -0.372 e. The molecule has 4 rings (SSSR count). The van der Waals surface area contributed by atoms with Crippen LogP contribution in [0, 0.1) is 11.3 Å². The molecule has 0 spiro atoms. The molecule has 0 bridgehead atoms. The molecular formula is C30H38N6S2. The summed E-state index contributed by atoms with van der Waals surface area (Å²) in [5.41, 5.74) is 3.95. The summed E-state index contributed by atoms with van der Waals surface area (Å²) in [5, 5.41) is 18.1. The molecule has 4 aromatic rings. The molecule has 0 N–H and O–H groups in total. The Bertz CT molecular complexity index is 1330. The van der Waals surface area contributed by atoms with E-state index in [-0.39, 0.29) is 0 Å². The maximum absolute atomic E-state index is 4.68. The highest BCUT2D eigenvalue weighted by molar-refractivity contribution is 7.28. The molecule has 0 aliphatic carbocycles. The van der Waals surface area contributed by atoms with E-state index < -0.39 is 0 Å². The van der Waals surface area contributed by atoms with Gasteiger partial charge in [0.15, 0.2) is 0 Å². The molecule has 2 aromatic carbocycles. The molecule has 2 aromatic heterocycles. The molecule has 200 valence electrons. The number of hydrogen-bond donors (Lipinski definition) is 0. The lowest BCUT2D eigenvalue weighted by molar-refractivity contribution is 0.297. The fraction of sp³-hybridized carbons (Fsp3) is 0.433. The first-order chi connectivity index (χ1) is 18.2. The van der Waals surface area contributed by atoms with Crippen molar-refractivity contribution in [3.8, 4) is 0 Å². The third-order valence-corrected chi connectivity index (χ3v) is 8.44. The summed E-state index contributed by atoms with van der Waals surface area (Å²) in [6.07, 6.45) is 3.59. The van der Waals surface area contributed by atoms with Crippen molar-refractivity contribution in [1.82, 2.24) is 4.98 Å². The van der Waals surface area contributed by atoms with Gasteiger partial charge in [0, 0.05) is 23.7 Å². The van der Waals surface area contributed by atoms with E-state index in [0.717, 1.165) is 47.3 Å². The molecule has 8 heteroatoms. The number of nitrogens with zero attached hydrogens (tertiary/aromatic N) is 6. The van der Waals surface area contributed by atoms with Gasteiger partial charge in [0.1, 0.15) is 4.83 Å². The number of anilines is 1. The minimum absolute atomic E-state index is 0.388. The summed E-state index contributed by atoms with van der Waals surface area (Å²) in [6.45, 7) is 15.6. The summed E-state index contributed by atoms with van der Waals surface area (Å²) in [6, 6.07) is 18.0. The number of benzene rings is 2. The van der Waals surface area contributed by atoms with Crippen LogP contribution >= 0.6 is 22.7 Å². The summed E-state index contributed by atoms with van der Waals surface area (Å²) >= 11 is 3.38. The number of thiazole rings is 1. The standard InChI is InChI=1S/C30H38N6S2/c1-7-36(8-2)25-16-14-24(15-17-25)33-32-22-10-12-23(13-11-22)34-35-29-31-28-27(38-29)19-26(37-28)18-9-21(3)20-30(4,5)6/h10-17,19,21H,7-9,18,20H2,1-6H3/b33-32+,35-34+. The summed E-state index contributed by atoms with van der Waals surface area (Å²) < 4.78 is 1.20. The van der Waals surface area contributed by atoms with Crippen molar-refractivity contribution in [1.29, 1.82) is 0 Å². The van der Waals surface area contributed by atoms with E-state index in [0.29, 0.717) is 10.5 Å². The lowest BCUT2D eigenvalue weighted by atomic mass is 9.83. The van der Waals surface area contributed by atoms with E-state index in [9.17, 15) is 0 Å². The predicted octanol–water partition coefficient (Wildman–Crippen LogP) is 11.0. The van der Waals surface area contributed by atoms with Gasteiger partial charge < -0.3 is 4.90 Å². The largest absolute Gasteiger partial charge is 0.372 e. The van der Waals surface area contributed by atoms with Crippen molar-refractivity contribution in [3.05, 3.63) is 59.5 Å². The Morgan fingerprint density at radius 2 is 1.37 bits per heavy atom. The van der Waals surface area contributed by atoms with E-state index in [1.54, 1.807) is 22.7 Å². The highest BCUT2D eigenvalue weighted by Crippen LogP contribution is 2.36. The molecule has 0 saturated heterocycles. The second-order valence-corrected chi connectivity index (χ2v) is 13.0. The van der Waals surface area contributed by atoms with Crippen LogP contribution in [0.3, 0.4) is 0 Å². The molecule has 38 heavy (non-hydrogen) atoms. The topological polar surface area (TPSA) is 65.6 Å². The number of thiophene rings is 1. The van der Waals surface area contributed by atoms with Crippen LogP contribution in [-0.2, 0) is 6.42 Å². The van der Waals surface area contributed by atoms with Crippen LogP contribution in [0.25, 0.3) is 9.53 Å². The zero-order valence-corrected chi connectivity index (χ0v) is 24.9. The zero-order chi connectivity index (χ0) is 27.1. The normalized spacial score (nSPS) is 13.2. The SMILES string of the molecule is CCN(CC)c1ccc(/N=N/c2ccc(/N=N/c3nc4sc(CCC(C)CC(C)(C)C)cc4s3)cc2)cc1. The van der Waals surface area contributed by atoms with Crippen molar-refractivity contribution >= 4 is 60.1 Å². The molecule has 1 atom stereocenters. The van der Waals surface area contributed by atoms with Crippen LogP contribution in [0.1, 0.15) is 59.3 Å². The number of rotatable bonds is 11. The van der Waals surface area contributed by atoms with Gasteiger partial charge in [-0.15, -0.1) is 21.6 Å². The van der Waals surface area contributed by atoms with Gasteiger partial charge in [-0.25, -0.2) is 4.98 Å². The lowest BCUT2D eigenvalue weighted by Crippen LogP contribution is -2.21. The zero-order valence-electron chi connectivity index (χ0n) is 23.3. The summed E-state index contributed by atoms with van der Waals surface area (Å²) in [5.74, 6) is 0.726. The second-order valence-electron chi connectivity index (χ2n) is 10.9. The molecule has 0 aliphatic heterocycles. The van der Waals surface area contributed by atoms with Gasteiger partial charge >= 0.3 is 0 Å². The first-order valence-corrected chi connectivity index (χ1v) is 15.0. The van der Waals surface area contributed by atoms with Gasteiger partial charge in [-0.3, -0.25) is 0 Å². The van der Waals surface area contributed by atoms with E-state index in [1.807, 2.05) is 36.4 Å². The van der Waals surface area contributed by atoms with E-state index in [2.05, 4.69) is 90.1 Å². The number of hydrogen-bond acceptors (Lipinski definition) is 8. The third kappa shape index (κ3) is 8.01. The van der Waals surface area contributed by atoms with Crippen molar-refractivity contribution in [3.63, 3.8) is 0 Å². The Kier molecular flexibility index (Phi) is 9.39. The van der Waals surface area contributed by atoms with Crippen LogP contribution < -0.4 is 4.90 Å². The molecule has 6 nitrogen and oxygen atoms in total. The van der Waals surface area contributed by atoms with Crippen molar-refractivity contribution in [2.75, 3.05) is 18.0 Å². The Hall–Kier alpha value is -2.97. The molecule has 0 fully saturated rings. The molecule has 0 saturated carbocycles. The lowest BCUT2D eigenvalue weighted by Gasteiger charge is -2.22. The van der Waals surface area contributed by atoms with Gasteiger partial charge in [0.2, 0.25) is 5.13 Å². The highest BCUT2D eigenvalue weighted by Gasteiger charge is 2.16. The van der Waals surface area contributed by atoms with Gasteiger partial charge in [0.25, 0.3) is 0 Å². The average molecular weight is 547 g/mol. The van der Waals surface area contributed by atoms with E-state index >= 15 is 0 Å². The van der Waals surface area contributed by atoms with Gasteiger partial charge in [-0.2, -0.15) is 10.2 Å². The monoisotopic (exact) mass is 546 g/mol. The van der Waals surface area contributed by atoms with Crippen molar-refractivity contribution < 1.29 is 0 Å². The molecular weight excluding hydrogens is 509 g/mol. The highest BCUT2D eigenvalue weighted by atomic mass is 32.1. The Labute approximate surface area is 234 Å².